The van der Waals surface area contributed by atoms with Crippen LogP contribution in [-0.4, -0.2) is 110 Å². The number of hydrogen-bond donors (Lipinski definition) is 3. The molecule has 2 atom stereocenters. The summed E-state index contributed by atoms with van der Waals surface area (Å²) in [6.45, 7) is 6.78. The molecule has 49 heavy (non-hydrogen) atoms. The van der Waals surface area contributed by atoms with Crippen LogP contribution in [0.15, 0.2) is 48.5 Å². The molecule has 14 nitrogen and oxygen atoms in total. The van der Waals surface area contributed by atoms with Gasteiger partial charge in [-0.25, -0.2) is 17.9 Å². The predicted molar refractivity (Wildman–Crippen MR) is 186 cm³/mol. The molecule has 0 radical (unpaired) electrons. The van der Waals surface area contributed by atoms with Crippen LogP contribution in [0.3, 0.4) is 0 Å². The minimum atomic E-state index is -5.57. The second kappa shape index (κ2) is 25.7. The van der Waals surface area contributed by atoms with E-state index in [-0.39, 0.29) is 5.75 Å². The van der Waals surface area contributed by atoms with E-state index in [1.165, 1.54) is 29.8 Å². The molecule has 0 aliphatic heterocycles. The zero-order valence-electron chi connectivity index (χ0n) is 28.6. The minimum absolute atomic E-state index is 0.352. The fourth-order valence-electron chi connectivity index (χ4n) is 3.08. The van der Waals surface area contributed by atoms with E-state index in [9.17, 15) is 47.5 Å². The number of anilines is 1. The van der Waals surface area contributed by atoms with Crippen LogP contribution in [0.5, 0.6) is 5.75 Å². The van der Waals surface area contributed by atoms with Gasteiger partial charge in [-0.3, -0.25) is 13.1 Å². The highest BCUT2D eigenvalue weighted by atomic mass is 32.2. The number of hydrogen-bond acceptors (Lipinski definition) is 11. The van der Waals surface area contributed by atoms with E-state index < -0.39 is 48.2 Å². The van der Waals surface area contributed by atoms with Crippen LogP contribution in [0.25, 0.3) is 0 Å². The van der Waals surface area contributed by atoms with Crippen molar-refractivity contribution < 1.29 is 51.7 Å². The average Bonchev–Trinajstić information content (AvgIpc) is 2.97. The highest BCUT2D eigenvalue weighted by Gasteiger charge is 2.48. The molecule has 0 heterocycles. The summed E-state index contributed by atoms with van der Waals surface area (Å²) >= 11 is -4.20. The fourth-order valence-corrected chi connectivity index (χ4v) is 4.72. The summed E-state index contributed by atoms with van der Waals surface area (Å²) in [4.78, 5) is 4.02. The third-order valence-electron chi connectivity index (χ3n) is 5.49. The Balaban J connectivity index is 0. The first-order valence-electron chi connectivity index (χ1n) is 14.6. The number of benzene rings is 2. The summed E-state index contributed by atoms with van der Waals surface area (Å²) in [5.74, 6) is -0.352. The van der Waals surface area contributed by atoms with Gasteiger partial charge in [-0.2, -0.15) is 21.6 Å². The van der Waals surface area contributed by atoms with Crippen molar-refractivity contribution in [2.45, 2.75) is 45.0 Å². The molecule has 0 aromatic heterocycles. The van der Waals surface area contributed by atoms with E-state index in [0.717, 1.165) is 44.2 Å². The van der Waals surface area contributed by atoms with E-state index >= 15 is 0 Å². The Morgan fingerprint density at radius 2 is 1.10 bits per heavy atom. The lowest BCUT2D eigenvalue weighted by Crippen LogP contribution is -2.28. The van der Waals surface area contributed by atoms with Gasteiger partial charge in [0.15, 0.2) is 0 Å². The Hall–Kier alpha value is -2.21. The Kier molecular flexibility index (Phi) is 25.6. The van der Waals surface area contributed by atoms with Gasteiger partial charge in [0.05, 0.1) is 6.26 Å². The molecule has 0 aliphatic carbocycles. The van der Waals surface area contributed by atoms with Gasteiger partial charge in [0.25, 0.3) is 0 Å². The van der Waals surface area contributed by atoms with Crippen molar-refractivity contribution in [2.75, 3.05) is 65.3 Å². The summed E-state index contributed by atoms with van der Waals surface area (Å²) < 4.78 is 129. The van der Waals surface area contributed by atoms with Crippen LogP contribution < -0.4 is 18.3 Å². The molecule has 0 aliphatic rings. The molecule has 21 heteroatoms. The topological polar surface area (TPSA) is 200 Å². The van der Waals surface area contributed by atoms with Crippen LogP contribution in [-0.2, 0) is 55.5 Å². The van der Waals surface area contributed by atoms with Crippen molar-refractivity contribution in [1.29, 1.82) is 0 Å². The lowest BCUT2D eigenvalue weighted by atomic mass is 10.2. The maximum atomic E-state index is 12.0. The standard InChI is InChI=1S/C9H9F3O3S.C9H13NO2S.2C5H14N2O2S/c1-2-7-3-5-8(6-4-7)15-16(13,14)9(10,11)12;1-3-8-4-6-9(7-5-8)10-13(2,11)12;2*1-7(2)5-3-4-6-10(8)9/h3-6H,2H2,1H3;4-7,10H,3H2,1-2H3;2*6H,3-5H2,1-2H3,(H,8,9)/p-2. The van der Waals surface area contributed by atoms with Crippen molar-refractivity contribution >= 4 is 48.4 Å². The van der Waals surface area contributed by atoms with Crippen molar-refractivity contribution in [1.82, 2.24) is 19.2 Å². The lowest BCUT2D eigenvalue weighted by Gasteiger charge is -2.10. The van der Waals surface area contributed by atoms with E-state index in [4.69, 9.17) is 0 Å². The number of nitrogens with zero attached hydrogens (tertiary/aromatic N) is 2. The Morgan fingerprint density at radius 1 is 0.735 bits per heavy atom. The summed E-state index contributed by atoms with van der Waals surface area (Å²) in [5, 5.41) is 0. The molecular formula is C28H48F3N5O9S4-2. The summed E-state index contributed by atoms with van der Waals surface area (Å²) in [5.41, 5.74) is -2.73. The van der Waals surface area contributed by atoms with Crippen molar-refractivity contribution in [3.63, 3.8) is 0 Å². The average molecular weight is 784 g/mol. The maximum Gasteiger partial charge on any atom is 0.534 e. The molecule has 0 spiro atoms. The third kappa shape index (κ3) is 29.2. The summed E-state index contributed by atoms with van der Waals surface area (Å²) in [7, 11) is -0.907. The highest BCUT2D eigenvalue weighted by Crippen LogP contribution is 2.27. The quantitative estimate of drug-likeness (QED) is 0.0979. The number of rotatable bonds is 16. The number of sulfonamides is 1. The highest BCUT2D eigenvalue weighted by molar-refractivity contribution is 7.92. The van der Waals surface area contributed by atoms with Crippen LogP contribution in [0, 0.1) is 0 Å². The number of halogens is 3. The first-order valence-corrected chi connectivity index (χ1v) is 20.1. The molecule has 0 saturated carbocycles. The molecule has 2 rings (SSSR count). The molecule has 286 valence electrons. The lowest BCUT2D eigenvalue weighted by molar-refractivity contribution is -0.0500. The molecule has 0 amide bonds. The maximum absolute atomic E-state index is 12.0. The van der Waals surface area contributed by atoms with Crippen LogP contribution in [0.1, 0.15) is 37.8 Å². The first kappa shape index (κ1) is 48.9. The van der Waals surface area contributed by atoms with Gasteiger partial charge in [-0.15, -0.1) is 0 Å². The largest absolute Gasteiger partial charge is 0.760 e. The zero-order valence-corrected chi connectivity index (χ0v) is 31.9. The molecule has 2 aromatic rings. The Labute approximate surface area is 294 Å². The van der Waals surface area contributed by atoms with Crippen molar-refractivity contribution in [3.05, 3.63) is 59.7 Å². The smallest absolute Gasteiger partial charge is 0.534 e. The van der Waals surface area contributed by atoms with E-state index in [1.807, 2.05) is 57.0 Å². The molecule has 0 saturated heterocycles. The monoisotopic (exact) mass is 783 g/mol. The second-order valence-electron chi connectivity index (χ2n) is 10.5. The van der Waals surface area contributed by atoms with Gasteiger partial charge in [0, 0.05) is 41.3 Å². The van der Waals surface area contributed by atoms with Crippen LogP contribution >= 0.6 is 0 Å². The van der Waals surface area contributed by atoms with Gasteiger partial charge < -0.3 is 23.1 Å². The summed E-state index contributed by atoms with van der Waals surface area (Å²) in [6.07, 6.45) is 4.49. The Morgan fingerprint density at radius 3 is 1.39 bits per heavy atom. The second-order valence-corrected chi connectivity index (χ2v) is 15.3. The van der Waals surface area contributed by atoms with E-state index in [2.05, 4.69) is 25.3 Å². The van der Waals surface area contributed by atoms with Crippen molar-refractivity contribution in [3.8, 4) is 5.75 Å². The van der Waals surface area contributed by atoms with E-state index in [1.54, 1.807) is 12.1 Å². The van der Waals surface area contributed by atoms with Gasteiger partial charge in [0.1, 0.15) is 5.75 Å². The van der Waals surface area contributed by atoms with Gasteiger partial charge in [-0.1, -0.05) is 38.1 Å². The predicted octanol–water partition coefficient (Wildman–Crippen LogP) is 2.74. The van der Waals surface area contributed by atoms with Gasteiger partial charge in [0.2, 0.25) is 10.0 Å². The normalized spacial score (nSPS) is 12.8. The van der Waals surface area contributed by atoms with Gasteiger partial charge in [-0.05, 0) is 102 Å². The molecule has 3 N–H and O–H groups in total. The number of aryl methyl sites for hydroxylation is 2. The van der Waals surface area contributed by atoms with E-state index in [0.29, 0.717) is 25.2 Å². The minimum Gasteiger partial charge on any atom is -0.760 e. The number of alkyl halides is 3. The van der Waals surface area contributed by atoms with Crippen LogP contribution in [0.2, 0.25) is 0 Å². The SMILES string of the molecule is CCc1ccc(NS(C)(=O)=O)cc1.CCc1ccc(OS(=O)(=O)C(F)(F)F)cc1.CN(C)CCCNS(=O)[O-].CN(C)CCCNS(=O)[O-]. The molecular weight excluding hydrogens is 736 g/mol. The molecule has 2 aromatic carbocycles. The zero-order chi connectivity index (χ0) is 38.3. The molecule has 2 unspecified atom stereocenters. The third-order valence-corrected chi connectivity index (χ3v) is 7.96. The van der Waals surface area contributed by atoms with Crippen LogP contribution in [0.4, 0.5) is 18.9 Å². The number of nitrogens with one attached hydrogen (secondary N) is 3. The van der Waals surface area contributed by atoms with Crippen molar-refractivity contribution in [2.24, 2.45) is 0 Å². The first-order chi connectivity index (χ1) is 22.5. The molecule has 0 fully saturated rings. The fraction of sp³-hybridized carbons (Fsp3) is 0.571. The Bertz CT molecular complexity index is 1410. The summed E-state index contributed by atoms with van der Waals surface area (Å²) in [6, 6.07) is 12.7. The van der Waals surface area contributed by atoms with Gasteiger partial charge >= 0.3 is 15.6 Å². The molecule has 0 bridgehead atoms.